The van der Waals surface area contributed by atoms with Crippen LogP contribution in [0.4, 0.5) is 0 Å². The summed E-state index contributed by atoms with van der Waals surface area (Å²) in [5.41, 5.74) is 0. The first kappa shape index (κ1) is 9.00. The Bertz CT molecular complexity index is 232. The van der Waals surface area contributed by atoms with Gasteiger partial charge in [0.1, 0.15) is 12.4 Å². The Morgan fingerprint density at radius 1 is 1.73 bits per heavy atom. The van der Waals surface area contributed by atoms with Crippen LogP contribution in [0.3, 0.4) is 0 Å². The van der Waals surface area contributed by atoms with Gasteiger partial charge in [0.15, 0.2) is 0 Å². The number of nitrogens with zero attached hydrogens (tertiary/aromatic N) is 2. The maximum atomic E-state index is 4.19. The molecule has 0 spiro atoms. The summed E-state index contributed by atoms with van der Waals surface area (Å²) in [6.45, 7) is 0.986. The van der Waals surface area contributed by atoms with E-state index >= 15 is 0 Å². The average molecular weight is 189 g/mol. The van der Waals surface area contributed by atoms with E-state index in [1.54, 1.807) is 11.8 Å². The van der Waals surface area contributed by atoms with Crippen LogP contribution in [-0.4, -0.2) is 16.6 Å². The van der Waals surface area contributed by atoms with Crippen molar-refractivity contribution in [3.05, 3.63) is 12.4 Å². The fraction of sp³-hybridized carbons (Fsp3) is 0.571. The fourth-order valence-electron chi connectivity index (χ4n) is 1.05. The van der Waals surface area contributed by atoms with E-state index in [0.29, 0.717) is 0 Å². The van der Waals surface area contributed by atoms with Crippen molar-refractivity contribution in [1.82, 2.24) is 4.57 Å². The molecule has 2 nitrogen and oxygen atoms in total. The van der Waals surface area contributed by atoms with Gasteiger partial charge in [0.2, 0.25) is 0 Å². The summed E-state index contributed by atoms with van der Waals surface area (Å²) in [6.07, 6.45) is 6.24. The number of thiol groups is 1. The molecule has 0 N–H and O–H groups in total. The lowest BCUT2D eigenvalue weighted by molar-refractivity contribution is -0.709. The minimum atomic E-state index is 0.891. The molecular formula is C7H13N2S2+. The average Bonchev–Trinajstić information content (AvgIpc) is 2.33. The summed E-state index contributed by atoms with van der Waals surface area (Å²) >= 11 is 5.95. The fourth-order valence-corrected chi connectivity index (χ4v) is 2.00. The van der Waals surface area contributed by atoms with Gasteiger partial charge in [-0.2, -0.15) is 12.6 Å². The standard InChI is InChI=1S/C7H12N2S2/c1-8-3-4-9(5-6-10)7(8)11-2/h3-4H,5-6H2,1-2H3/p+1. The molecule has 0 aromatic carbocycles. The van der Waals surface area contributed by atoms with Crippen LogP contribution in [0, 0.1) is 0 Å². The molecule has 1 rings (SSSR count). The third-order valence-electron chi connectivity index (χ3n) is 1.54. The third-order valence-corrected chi connectivity index (χ3v) is 2.63. The summed E-state index contributed by atoms with van der Waals surface area (Å²) < 4.78 is 4.33. The van der Waals surface area contributed by atoms with E-state index in [-0.39, 0.29) is 0 Å². The predicted octanol–water partition coefficient (Wildman–Crippen LogP) is 0.964. The molecule has 1 aromatic rings. The zero-order valence-electron chi connectivity index (χ0n) is 6.82. The van der Waals surface area contributed by atoms with Crippen molar-refractivity contribution in [1.29, 1.82) is 0 Å². The summed E-state index contributed by atoms with van der Waals surface area (Å²) in [7, 11) is 2.06. The number of aryl methyl sites for hydroxylation is 2. The Morgan fingerprint density at radius 3 is 3.00 bits per heavy atom. The Kier molecular flexibility index (Phi) is 3.33. The van der Waals surface area contributed by atoms with Gasteiger partial charge in [-0.05, 0) is 18.0 Å². The Balaban J connectivity index is 2.86. The molecule has 0 unspecified atom stereocenters. The van der Waals surface area contributed by atoms with E-state index in [0.717, 1.165) is 12.3 Å². The van der Waals surface area contributed by atoms with Crippen LogP contribution in [0.25, 0.3) is 0 Å². The number of rotatable bonds is 3. The molecule has 0 amide bonds. The molecule has 4 heteroatoms. The Labute approximate surface area is 77.0 Å². The van der Waals surface area contributed by atoms with Crippen molar-refractivity contribution in [2.24, 2.45) is 7.05 Å². The molecule has 0 aliphatic rings. The Morgan fingerprint density at radius 2 is 2.45 bits per heavy atom. The second-order valence-corrected chi connectivity index (χ2v) is 3.53. The van der Waals surface area contributed by atoms with Crippen molar-refractivity contribution >= 4 is 24.4 Å². The van der Waals surface area contributed by atoms with Crippen LogP contribution in [0.2, 0.25) is 0 Å². The van der Waals surface area contributed by atoms with Gasteiger partial charge in [0, 0.05) is 5.75 Å². The second kappa shape index (κ2) is 4.07. The van der Waals surface area contributed by atoms with Gasteiger partial charge in [-0.1, -0.05) is 0 Å². The van der Waals surface area contributed by atoms with Crippen LogP contribution in [0.5, 0.6) is 0 Å². The highest BCUT2D eigenvalue weighted by molar-refractivity contribution is 7.98. The SMILES string of the molecule is CSc1n(CCS)cc[n+]1C. The zero-order chi connectivity index (χ0) is 8.27. The highest BCUT2D eigenvalue weighted by atomic mass is 32.2. The molecular weight excluding hydrogens is 176 g/mol. The van der Waals surface area contributed by atoms with Gasteiger partial charge in [-0.25, -0.2) is 9.13 Å². The maximum absolute atomic E-state index is 4.19. The molecule has 0 saturated carbocycles. The summed E-state index contributed by atoms with van der Waals surface area (Å²) in [5.74, 6) is 0.891. The summed E-state index contributed by atoms with van der Waals surface area (Å²) in [6, 6.07) is 0. The number of hydrogen-bond acceptors (Lipinski definition) is 2. The highest BCUT2D eigenvalue weighted by Crippen LogP contribution is 2.08. The molecule has 0 saturated heterocycles. The number of aromatic nitrogens is 2. The topological polar surface area (TPSA) is 8.81 Å². The van der Waals surface area contributed by atoms with Crippen LogP contribution in [0.15, 0.2) is 17.6 Å². The molecule has 1 heterocycles. The van der Waals surface area contributed by atoms with E-state index in [1.807, 2.05) is 0 Å². The minimum absolute atomic E-state index is 0.891. The molecule has 0 radical (unpaired) electrons. The predicted molar refractivity (Wildman–Crippen MR) is 51.2 cm³/mol. The van der Waals surface area contributed by atoms with Gasteiger partial charge in [0.05, 0.1) is 13.6 Å². The summed E-state index contributed by atoms with van der Waals surface area (Å²) in [5, 5.41) is 1.28. The minimum Gasteiger partial charge on any atom is -0.227 e. The second-order valence-electron chi connectivity index (χ2n) is 2.31. The monoisotopic (exact) mass is 189 g/mol. The van der Waals surface area contributed by atoms with Crippen LogP contribution in [0.1, 0.15) is 0 Å². The quantitative estimate of drug-likeness (QED) is 0.423. The largest absolute Gasteiger partial charge is 0.317 e. The van der Waals surface area contributed by atoms with Crippen LogP contribution >= 0.6 is 24.4 Å². The lowest BCUT2D eigenvalue weighted by Crippen LogP contribution is -2.28. The number of thioether (sulfide) groups is 1. The smallest absolute Gasteiger partial charge is 0.227 e. The Hall–Kier alpha value is -0.0900. The van der Waals surface area contributed by atoms with Crippen molar-refractivity contribution in [3.63, 3.8) is 0 Å². The first-order valence-electron chi connectivity index (χ1n) is 3.49. The van der Waals surface area contributed by atoms with Crippen LogP contribution in [-0.2, 0) is 13.6 Å². The van der Waals surface area contributed by atoms with Crippen LogP contribution < -0.4 is 4.57 Å². The number of hydrogen-bond donors (Lipinski definition) is 1. The number of imidazole rings is 1. The van der Waals surface area contributed by atoms with E-state index in [2.05, 4.69) is 47.5 Å². The van der Waals surface area contributed by atoms with Gasteiger partial charge in [0.25, 0.3) is 0 Å². The van der Waals surface area contributed by atoms with E-state index in [1.165, 1.54) is 5.16 Å². The lowest BCUT2D eigenvalue weighted by Gasteiger charge is -1.95. The molecule has 0 atom stereocenters. The zero-order valence-corrected chi connectivity index (χ0v) is 8.53. The normalized spacial score (nSPS) is 10.5. The van der Waals surface area contributed by atoms with Crippen molar-refractivity contribution in [2.45, 2.75) is 11.7 Å². The van der Waals surface area contributed by atoms with E-state index < -0.39 is 0 Å². The molecule has 0 fully saturated rings. The van der Waals surface area contributed by atoms with Gasteiger partial charge >= 0.3 is 5.16 Å². The molecule has 11 heavy (non-hydrogen) atoms. The van der Waals surface area contributed by atoms with Gasteiger partial charge < -0.3 is 0 Å². The van der Waals surface area contributed by atoms with Gasteiger partial charge in [-0.3, -0.25) is 0 Å². The molecule has 62 valence electrons. The highest BCUT2D eigenvalue weighted by Gasteiger charge is 2.10. The van der Waals surface area contributed by atoms with E-state index in [9.17, 15) is 0 Å². The first-order chi connectivity index (χ1) is 5.29. The van der Waals surface area contributed by atoms with Gasteiger partial charge in [-0.15, -0.1) is 0 Å². The van der Waals surface area contributed by atoms with Crippen molar-refractivity contribution in [3.8, 4) is 0 Å². The van der Waals surface area contributed by atoms with E-state index in [4.69, 9.17) is 0 Å². The molecule has 0 aliphatic heterocycles. The first-order valence-corrected chi connectivity index (χ1v) is 5.35. The molecule has 0 bridgehead atoms. The third kappa shape index (κ3) is 1.93. The molecule has 1 aromatic heterocycles. The lowest BCUT2D eigenvalue weighted by atomic mass is 10.7. The van der Waals surface area contributed by atoms with Crippen molar-refractivity contribution < 1.29 is 4.57 Å². The van der Waals surface area contributed by atoms with Crippen molar-refractivity contribution in [2.75, 3.05) is 12.0 Å². The summed E-state index contributed by atoms with van der Waals surface area (Å²) in [4.78, 5) is 0. The molecule has 0 aliphatic carbocycles. The maximum Gasteiger partial charge on any atom is 0.317 e.